The smallest absolute Gasteiger partial charge is 0.266 e. The predicted molar refractivity (Wildman–Crippen MR) is 79.9 cm³/mol. The van der Waals surface area contributed by atoms with Gasteiger partial charge in [0.1, 0.15) is 5.02 Å². The van der Waals surface area contributed by atoms with Crippen molar-refractivity contribution < 1.29 is 13.5 Å². The molecule has 21 heavy (non-hydrogen) atoms. The number of hydrogen-bond acceptors (Lipinski definition) is 4. The van der Waals surface area contributed by atoms with Crippen molar-refractivity contribution in [3.05, 3.63) is 27.6 Å². The molecule has 1 fully saturated rings. The van der Waals surface area contributed by atoms with Crippen LogP contribution in [0.2, 0.25) is 5.02 Å². The summed E-state index contributed by atoms with van der Waals surface area (Å²) in [6.07, 6.45) is 6.16. The van der Waals surface area contributed by atoms with Gasteiger partial charge in [-0.25, -0.2) is 13.1 Å². The minimum Gasteiger partial charge on any atom is -0.389 e. The summed E-state index contributed by atoms with van der Waals surface area (Å²) in [7, 11) is -3.81. The largest absolute Gasteiger partial charge is 0.389 e. The second-order valence-corrected chi connectivity index (χ2v) is 7.65. The first kappa shape index (κ1) is 16.5. The lowest BCUT2D eigenvalue weighted by Gasteiger charge is -2.26. The number of aromatic nitrogens is 1. The Morgan fingerprint density at radius 3 is 2.48 bits per heavy atom. The number of sulfonamides is 1. The Labute approximate surface area is 128 Å². The molecule has 0 aromatic carbocycles. The van der Waals surface area contributed by atoms with Gasteiger partial charge in [0.25, 0.3) is 5.56 Å². The van der Waals surface area contributed by atoms with Crippen LogP contribution in [0.1, 0.15) is 38.5 Å². The number of hydrogen-bond donors (Lipinski definition) is 3. The van der Waals surface area contributed by atoms with Crippen LogP contribution in [-0.4, -0.2) is 30.7 Å². The Kier molecular flexibility index (Phi) is 5.08. The van der Waals surface area contributed by atoms with Crippen molar-refractivity contribution in [3.8, 4) is 0 Å². The van der Waals surface area contributed by atoms with E-state index in [0.29, 0.717) is 12.8 Å². The molecule has 1 aromatic rings. The molecule has 0 amide bonds. The lowest BCUT2D eigenvalue weighted by molar-refractivity contribution is 0.0303. The minimum absolute atomic E-state index is 0.0356. The van der Waals surface area contributed by atoms with Gasteiger partial charge in [0.2, 0.25) is 10.0 Å². The summed E-state index contributed by atoms with van der Waals surface area (Å²) in [5.74, 6) is 0. The maximum atomic E-state index is 12.2. The highest BCUT2D eigenvalue weighted by molar-refractivity contribution is 7.89. The number of halogens is 1. The van der Waals surface area contributed by atoms with E-state index in [1.54, 1.807) is 0 Å². The monoisotopic (exact) mass is 334 g/mol. The van der Waals surface area contributed by atoms with Crippen molar-refractivity contribution in [1.82, 2.24) is 9.71 Å². The Balaban J connectivity index is 2.10. The van der Waals surface area contributed by atoms with Crippen LogP contribution in [-0.2, 0) is 10.0 Å². The summed E-state index contributed by atoms with van der Waals surface area (Å²) in [6.45, 7) is -0.0356. The number of H-pyrrole nitrogens is 1. The van der Waals surface area contributed by atoms with Crippen molar-refractivity contribution in [2.45, 2.75) is 49.0 Å². The predicted octanol–water partition coefficient (Wildman–Crippen LogP) is 1.39. The van der Waals surface area contributed by atoms with Crippen LogP contribution in [0.5, 0.6) is 0 Å². The van der Waals surface area contributed by atoms with Crippen molar-refractivity contribution in [2.24, 2.45) is 0 Å². The van der Waals surface area contributed by atoms with Crippen molar-refractivity contribution >= 4 is 21.6 Å². The van der Waals surface area contributed by atoms with Gasteiger partial charge < -0.3 is 10.1 Å². The Hall–Kier alpha value is -0.890. The van der Waals surface area contributed by atoms with Crippen LogP contribution >= 0.6 is 11.6 Å². The van der Waals surface area contributed by atoms with Gasteiger partial charge in [-0.05, 0) is 18.9 Å². The number of aliphatic hydroxyl groups is 1. The minimum atomic E-state index is -3.81. The van der Waals surface area contributed by atoms with Crippen molar-refractivity contribution in [3.63, 3.8) is 0 Å². The fraction of sp³-hybridized carbons (Fsp3) is 0.615. The highest BCUT2D eigenvalue weighted by atomic mass is 35.5. The zero-order valence-electron chi connectivity index (χ0n) is 11.6. The van der Waals surface area contributed by atoms with Gasteiger partial charge in [0.15, 0.2) is 0 Å². The third kappa shape index (κ3) is 4.29. The fourth-order valence-corrected chi connectivity index (χ4v) is 3.82. The molecule has 8 heteroatoms. The molecule has 1 heterocycles. The zero-order valence-corrected chi connectivity index (χ0v) is 13.1. The molecule has 118 valence electrons. The van der Waals surface area contributed by atoms with Gasteiger partial charge >= 0.3 is 0 Å². The quantitative estimate of drug-likeness (QED) is 0.724. The fourth-order valence-electron chi connectivity index (χ4n) is 2.47. The molecule has 0 aliphatic heterocycles. The third-order valence-corrected chi connectivity index (χ3v) is 5.43. The third-order valence-electron chi connectivity index (χ3n) is 3.77. The van der Waals surface area contributed by atoms with Crippen LogP contribution in [0.25, 0.3) is 0 Å². The first-order valence-electron chi connectivity index (χ1n) is 6.93. The van der Waals surface area contributed by atoms with E-state index in [2.05, 4.69) is 9.71 Å². The lowest BCUT2D eigenvalue weighted by atomic mass is 9.95. The number of rotatable bonds is 4. The molecule has 0 atom stereocenters. The molecule has 0 radical (unpaired) electrons. The molecular formula is C13H19ClN2O4S. The Morgan fingerprint density at radius 2 is 1.90 bits per heavy atom. The number of aromatic amines is 1. The first-order chi connectivity index (χ1) is 9.82. The average molecular weight is 335 g/mol. The van der Waals surface area contributed by atoms with Crippen molar-refractivity contribution in [1.29, 1.82) is 0 Å². The summed E-state index contributed by atoms with van der Waals surface area (Å²) >= 11 is 5.63. The second kappa shape index (κ2) is 6.48. The molecule has 0 saturated heterocycles. The maximum Gasteiger partial charge on any atom is 0.266 e. The van der Waals surface area contributed by atoms with E-state index in [4.69, 9.17) is 11.6 Å². The van der Waals surface area contributed by atoms with Crippen molar-refractivity contribution in [2.75, 3.05) is 6.54 Å². The molecule has 3 N–H and O–H groups in total. The number of pyridine rings is 1. The summed E-state index contributed by atoms with van der Waals surface area (Å²) in [4.78, 5) is 13.3. The van der Waals surface area contributed by atoms with Gasteiger partial charge in [0, 0.05) is 12.7 Å². The highest BCUT2D eigenvalue weighted by Gasteiger charge is 2.30. The van der Waals surface area contributed by atoms with E-state index in [0.717, 1.165) is 37.9 Å². The second-order valence-electron chi connectivity index (χ2n) is 5.48. The topological polar surface area (TPSA) is 99.3 Å². The van der Waals surface area contributed by atoms with Crippen LogP contribution in [0.4, 0.5) is 0 Å². The Morgan fingerprint density at radius 1 is 1.29 bits per heavy atom. The summed E-state index contributed by atoms with van der Waals surface area (Å²) in [5.41, 5.74) is -1.55. The molecule has 1 aromatic heterocycles. The van der Waals surface area contributed by atoms with Gasteiger partial charge in [-0.3, -0.25) is 4.79 Å². The molecule has 2 rings (SSSR count). The van der Waals surface area contributed by atoms with Gasteiger partial charge in [0.05, 0.1) is 10.5 Å². The molecular weight excluding hydrogens is 316 g/mol. The van der Waals surface area contributed by atoms with E-state index in [1.165, 1.54) is 0 Å². The van der Waals surface area contributed by atoms with E-state index in [9.17, 15) is 18.3 Å². The molecule has 0 unspecified atom stereocenters. The van der Waals surface area contributed by atoms with Gasteiger partial charge in [-0.1, -0.05) is 37.3 Å². The number of nitrogens with one attached hydrogen (secondary N) is 2. The first-order valence-corrected chi connectivity index (χ1v) is 8.79. The van der Waals surface area contributed by atoms with Crippen LogP contribution in [0, 0.1) is 0 Å². The zero-order chi connectivity index (χ0) is 15.5. The molecule has 1 saturated carbocycles. The van der Waals surface area contributed by atoms with Crippen LogP contribution in [0.15, 0.2) is 22.0 Å². The van der Waals surface area contributed by atoms with E-state index in [1.807, 2.05) is 0 Å². The average Bonchev–Trinajstić information content (AvgIpc) is 2.65. The standard InChI is InChI=1S/C13H19ClN2O4S/c14-11-7-10(8-15-12(11)17)21(19,20)16-9-13(18)5-3-1-2-4-6-13/h7-8,16,18H,1-6,9H2,(H,15,17). The summed E-state index contributed by atoms with van der Waals surface area (Å²) < 4.78 is 26.7. The van der Waals surface area contributed by atoms with Crippen LogP contribution in [0.3, 0.4) is 0 Å². The van der Waals surface area contributed by atoms with E-state index in [-0.39, 0.29) is 16.5 Å². The summed E-state index contributed by atoms with van der Waals surface area (Å²) in [5, 5.41) is 10.3. The molecule has 1 aliphatic carbocycles. The Bertz CT molecular complexity index is 648. The normalized spacial score (nSPS) is 19.1. The van der Waals surface area contributed by atoms with Gasteiger partial charge in [-0.2, -0.15) is 0 Å². The SMILES string of the molecule is O=c1[nH]cc(S(=O)(=O)NCC2(O)CCCCCC2)cc1Cl. The maximum absolute atomic E-state index is 12.2. The highest BCUT2D eigenvalue weighted by Crippen LogP contribution is 2.26. The van der Waals surface area contributed by atoms with E-state index < -0.39 is 21.2 Å². The van der Waals surface area contributed by atoms with Gasteiger partial charge in [-0.15, -0.1) is 0 Å². The van der Waals surface area contributed by atoms with E-state index >= 15 is 0 Å². The summed E-state index contributed by atoms with van der Waals surface area (Å²) in [6, 6.07) is 1.10. The molecule has 1 aliphatic rings. The van der Waals surface area contributed by atoms with Crippen LogP contribution < -0.4 is 10.3 Å². The lowest BCUT2D eigenvalue weighted by Crippen LogP contribution is -2.42. The molecule has 0 spiro atoms. The molecule has 0 bridgehead atoms. The molecule has 6 nitrogen and oxygen atoms in total.